The molecule has 1 aromatic carbocycles. The first-order chi connectivity index (χ1) is 7.74. The van der Waals surface area contributed by atoms with Crippen LogP contribution in [0.4, 0.5) is 0 Å². The highest BCUT2D eigenvalue weighted by atomic mass is 16.5. The predicted molar refractivity (Wildman–Crippen MR) is 61.4 cm³/mol. The third-order valence-electron chi connectivity index (χ3n) is 2.11. The molecular weight excluding hydrogens is 206 g/mol. The van der Waals surface area contributed by atoms with Gasteiger partial charge in [-0.15, -0.1) is 0 Å². The summed E-state index contributed by atoms with van der Waals surface area (Å²) in [5, 5.41) is 11.1. The fourth-order valence-electron chi connectivity index (χ4n) is 1.26. The number of aliphatic hydroxyl groups excluding tert-OH is 1. The molecule has 0 spiro atoms. The normalized spacial score (nSPS) is 9.88. The average Bonchev–Trinajstić information content (AvgIpc) is 2.29. The van der Waals surface area contributed by atoms with Crippen LogP contribution >= 0.6 is 0 Å². The first-order valence-electron chi connectivity index (χ1n) is 5.30. The molecule has 0 atom stereocenters. The van der Waals surface area contributed by atoms with Crippen molar-refractivity contribution in [2.45, 2.75) is 13.3 Å². The van der Waals surface area contributed by atoms with Crippen molar-refractivity contribution in [3.05, 3.63) is 29.8 Å². The van der Waals surface area contributed by atoms with Gasteiger partial charge in [0.05, 0.1) is 19.6 Å². The first kappa shape index (κ1) is 12.5. The van der Waals surface area contributed by atoms with Crippen molar-refractivity contribution < 1.29 is 14.6 Å². The van der Waals surface area contributed by atoms with E-state index in [0.717, 1.165) is 11.3 Å². The van der Waals surface area contributed by atoms with E-state index in [-0.39, 0.29) is 12.5 Å². The van der Waals surface area contributed by atoms with Gasteiger partial charge in [-0.2, -0.15) is 0 Å². The van der Waals surface area contributed by atoms with Crippen molar-refractivity contribution in [1.29, 1.82) is 0 Å². The number of carbonyl (C=O) groups is 1. The second kappa shape index (κ2) is 6.85. The maximum absolute atomic E-state index is 11.2. The lowest BCUT2D eigenvalue weighted by atomic mass is 10.2. The van der Waals surface area contributed by atoms with E-state index in [2.05, 4.69) is 5.32 Å². The van der Waals surface area contributed by atoms with E-state index in [1.807, 2.05) is 31.2 Å². The molecule has 88 valence electrons. The zero-order valence-electron chi connectivity index (χ0n) is 9.40. The number of carbonyl (C=O) groups excluding carboxylic acids is 1. The Hall–Kier alpha value is -1.55. The minimum Gasteiger partial charge on any atom is -0.493 e. The van der Waals surface area contributed by atoms with Gasteiger partial charge in [0, 0.05) is 6.54 Å². The van der Waals surface area contributed by atoms with Crippen molar-refractivity contribution >= 4 is 5.91 Å². The molecule has 2 N–H and O–H groups in total. The number of hydrogen-bond donors (Lipinski definition) is 2. The molecule has 0 aromatic heterocycles. The molecule has 0 radical (unpaired) electrons. The topological polar surface area (TPSA) is 58.6 Å². The van der Waals surface area contributed by atoms with Crippen LogP contribution in [-0.2, 0) is 4.79 Å². The number of rotatable bonds is 6. The Morgan fingerprint density at radius 3 is 2.88 bits per heavy atom. The second-order valence-corrected chi connectivity index (χ2v) is 3.44. The number of amides is 1. The quantitative estimate of drug-likeness (QED) is 0.752. The lowest BCUT2D eigenvalue weighted by Crippen LogP contribution is -2.27. The highest BCUT2D eigenvalue weighted by Crippen LogP contribution is 2.15. The van der Waals surface area contributed by atoms with Crippen LogP contribution in [-0.4, -0.2) is 30.8 Å². The third-order valence-corrected chi connectivity index (χ3v) is 2.11. The summed E-state index contributed by atoms with van der Waals surface area (Å²) in [5.74, 6) is 0.695. The summed E-state index contributed by atoms with van der Waals surface area (Å²) in [5.41, 5.74) is 1.05. The minimum absolute atomic E-state index is 0.0373. The maximum Gasteiger partial charge on any atom is 0.223 e. The van der Waals surface area contributed by atoms with Gasteiger partial charge in [-0.1, -0.05) is 18.2 Å². The van der Waals surface area contributed by atoms with E-state index in [0.29, 0.717) is 19.6 Å². The Morgan fingerprint density at radius 2 is 2.19 bits per heavy atom. The Kier molecular flexibility index (Phi) is 5.36. The SMILES string of the molecule is Cc1ccccc1OCCC(=O)NCCO. The van der Waals surface area contributed by atoms with E-state index in [4.69, 9.17) is 9.84 Å². The highest BCUT2D eigenvalue weighted by Gasteiger charge is 2.02. The Bertz CT molecular complexity index is 339. The zero-order valence-corrected chi connectivity index (χ0v) is 9.40. The van der Waals surface area contributed by atoms with Crippen molar-refractivity contribution in [3.63, 3.8) is 0 Å². The van der Waals surface area contributed by atoms with Gasteiger partial charge in [0.25, 0.3) is 0 Å². The van der Waals surface area contributed by atoms with Crippen LogP contribution in [0, 0.1) is 6.92 Å². The lowest BCUT2D eigenvalue weighted by Gasteiger charge is -2.08. The molecule has 0 aliphatic carbocycles. The summed E-state index contributed by atoms with van der Waals surface area (Å²) >= 11 is 0. The Morgan fingerprint density at radius 1 is 1.44 bits per heavy atom. The summed E-state index contributed by atoms with van der Waals surface area (Å²) in [6, 6.07) is 7.67. The number of aryl methyl sites for hydroxylation is 1. The number of aliphatic hydroxyl groups is 1. The largest absolute Gasteiger partial charge is 0.493 e. The molecule has 1 rings (SSSR count). The van der Waals surface area contributed by atoms with Gasteiger partial charge in [0.2, 0.25) is 5.91 Å². The number of para-hydroxylation sites is 1. The third kappa shape index (κ3) is 4.31. The summed E-state index contributed by atoms with van der Waals surface area (Å²) < 4.78 is 5.46. The van der Waals surface area contributed by atoms with Crippen molar-refractivity contribution in [1.82, 2.24) is 5.32 Å². The average molecular weight is 223 g/mol. The van der Waals surface area contributed by atoms with Crippen LogP contribution < -0.4 is 10.1 Å². The summed E-state index contributed by atoms with van der Waals surface area (Å²) in [4.78, 5) is 11.2. The Balaban J connectivity index is 2.25. The Labute approximate surface area is 95.2 Å². The van der Waals surface area contributed by atoms with Crippen LogP contribution in [0.2, 0.25) is 0 Å². The summed E-state index contributed by atoms with van der Waals surface area (Å²) in [6.45, 7) is 2.57. The van der Waals surface area contributed by atoms with E-state index in [1.54, 1.807) is 0 Å². The molecule has 1 amide bonds. The van der Waals surface area contributed by atoms with Crippen LogP contribution in [0.3, 0.4) is 0 Å². The van der Waals surface area contributed by atoms with Crippen LogP contribution in [0.1, 0.15) is 12.0 Å². The first-order valence-corrected chi connectivity index (χ1v) is 5.30. The maximum atomic E-state index is 11.2. The van der Waals surface area contributed by atoms with Gasteiger partial charge < -0.3 is 15.2 Å². The van der Waals surface area contributed by atoms with Crippen LogP contribution in [0.15, 0.2) is 24.3 Å². The lowest BCUT2D eigenvalue weighted by molar-refractivity contribution is -0.121. The highest BCUT2D eigenvalue weighted by molar-refractivity contribution is 5.75. The molecule has 0 saturated heterocycles. The van der Waals surface area contributed by atoms with E-state index in [9.17, 15) is 4.79 Å². The number of benzene rings is 1. The molecule has 0 heterocycles. The minimum atomic E-state index is -0.109. The van der Waals surface area contributed by atoms with Gasteiger partial charge in [0.1, 0.15) is 5.75 Å². The van der Waals surface area contributed by atoms with Crippen LogP contribution in [0.5, 0.6) is 5.75 Å². The van der Waals surface area contributed by atoms with Gasteiger partial charge in [-0.25, -0.2) is 0 Å². The molecule has 0 bridgehead atoms. The van der Waals surface area contributed by atoms with Crippen molar-refractivity contribution in [2.75, 3.05) is 19.8 Å². The number of ether oxygens (including phenoxy) is 1. The summed E-state index contributed by atoms with van der Waals surface area (Å²) in [6.07, 6.45) is 0.300. The molecular formula is C12H17NO3. The molecule has 0 fully saturated rings. The molecule has 0 saturated carbocycles. The van der Waals surface area contributed by atoms with Gasteiger partial charge in [-0.3, -0.25) is 4.79 Å². The van der Waals surface area contributed by atoms with Crippen molar-refractivity contribution in [2.24, 2.45) is 0 Å². The molecule has 0 aliphatic heterocycles. The van der Waals surface area contributed by atoms with Gasteiger partial charge >= 0.3 is 0 Å². The standard InChI is InChI=1S/C12H17NO3/c1-10-4-2-3-5-11(10)16-9-6-12(15)13-7-8-14/h2-5,14H,6-9H2,1H3,(H,13,15). The summed E-state index contributed by atoms with van der Waals surface area (Å²) in [7, 11) is 0. The number of nitrogens with one attached hydrogen (secondary N) is 1. The smallest absolute Gasteiger partial charge is 0.223 e. The van der Waals surface area contributed by atoms with Crippen LogP contribution in [0.25, 0.3) is 0 Å². The van der Waals surface area contributed by atoms with Gasteiger partial charge in [0.15, 0.2) is 0 Å². The van der Waals surface area contributed by atoms with Gasteiger partial charge in [-0.05, 0) is 18.6 Å². The molecule has 0 aliphatic rings. The number of hydrogen-bond acceptors (Lipinski definition) is 3. The second-order valence-electron chi connectivity index (χ2n) is 3.44. The molecule has 1 aromatic rings. The predicted octanol–water partition coefficient (Wildman–Crippen LogP) is 0.872. The monoisotopic (exact) mass is 223 g/mol. The van der Waals surface area contributed by atoms with E-state index >= 15 is 0 Å². The molecule has 0 unspecified atom stereocenters. The van der Waals surface area contributed by atoms with E-state index in [1.165, 1.54) is 0 Å². The zero-order chi connectivity index (χ0) is 11.8. The molecule has 4 heteroatoms. The fourth-order valence-corrected chi connectivity index (χ4v) is 1.26. The van der Waals surface area contributed by atoms with Crippen molar-refractivity contribution in [3.8, 4) is 5.75 Å². The molecule has 16 heavy (non-hydrogen) atoms. The van der Waals surface area contributed by atoms with E-state index < -0.39 is 0 Å². The fraction of sp³-hybridized carbons (Fsp3) is 0.417. The molecule has 4 nitrogen and oxygen atoms in total.